The van der Waals surface area contributed by atoms with Crippen molar-refractivity contribution in [1.82, 2.24) is 4.90 Å². The molecule has 0 bridgehead atoms. The highest BCUT2D eigenvalue weighted by Crippen LogP contribution is 2.37. The van der Waals surface area contributed by atoms with Crippen LogP contribution >= 0.6 is 0 Å². The zero-order chi connectivity index (χ0) is 19.4. The third kappa shape index (κ3) is 3.60. The Morgan fingerprint density at radius 2 is 1.56 bits per heavy atom. The summed E-state index contributed by atoms with van der Waals surface area (Å²) in [5, 5.41) is 0. The van der Waals surface area contributed by atoms with Crippen LogP contribution in [-0.2, 0) is 24.7 Å². The fraction of sp³-hybridized carbons (Fsp3) is 0.364. The second-order valence-corrected chi connectivity index (χ2v) is 6.96. The van der Waals surface area contributed by atoms with Crippen LogP contribution in [0.15, 0.2) is 60.7 Å². The Morgan fingerprint density at radius 1 is 0.963 bits per heavy atom. The monoisotopic (exact) mass is 367 g/mol. The fourth-order valence-electron chi connectivity index (χ4n) is 3.78. The fourth-order valence-corrected chi connectivity index (χ4v) is 3.78. The number of ether oxygens (including phenoxy) is 2. The third-order valence-electron chi connectivity index (χ3n) is 5.48. The molecule has 1 aliphatic rings. The van der Waals surface area contributed by atoms with Crippen molar-refractivity contribution >= 4 is 11.9 Å². The van der Waals surface area contributed by atoms with Gasteiger partial charge in [-0.05, 0) is 18.1 Å². The van der Waals surface area contributed by atoms with E-state index in [2.05, 4.69) is 0 Å². The molecule has 0 unspecified atom stereocenters. The van der Waals surface area contributed by atoms with Gasteiger partial charge in [0.1, 0.15) is 0 Å². The number of nitrogens with zero attached hydrogens (tertiary/aromatic N) is 1. The third-order valence-corrected chi connectivity index (χ3v) is 5.48. The molecule has 0 aliphatic carbocycles. The van der Waals surface area contributed by atoms with Crippen LogP contribution < -0.4 is 0 Å². The van der Waals surface area contributed by atoms with E-state index in [-0.39, 0.29) is 17.8 Å². The van der Waals surface area contributed by atoms with Crippen LogP contribution in [0.3, 0.4) is 0 Å². The molecule has 0 N–H and O–H groups in total. The zero-order valence-electron chi connectivity index (χ0n) is 15.9. The highest BCUT2D eigenvalue weighted by Gasteiger charge is 2.46. The van der Waals surface area contributed by atoms with Crippen LogP contribution in [0.5, 0.6) is 0 Å². The van der Waals surface area contributed by atoms with Crippen molar-refractivity contribution in [3.05, 3.63) is 71.8 Å². The Kier molecular flexibility index (Phi) is 5.61. The predicted molar refractivity (Wildman–Crippen MR) is 102 cm³/mol. The maximum atomic E-state index is 13.4. The first kappa shape index (κ1) is 19.1. The lowest BCUT2D eigenvalue weighted by molar-refractivity contribution is -0.154. The van der Waals surface area contributed by atoms with Gasteiger partial charge in [0.25, 0.3) is 5.91 Å². The van der Waals surface area contributed by atoms with Crippen molar-refractivity contribution in [2.45, 2.75) is 18.4 Å². The van der Waals surface area contributed by atoms with E-state index in [0.717, 1.165) is 11.1 Å². The lowest BCUT2D eigenvalue weighted by Gasteiger charge is -2.32. The van der Waals surface area contributed by atoms with Gasteiger partial charge >= 0.3 is 5.97 Å². The van der Waals surface area contributed by atoms with Gasteiger partial charge < -0.3 is 14.4 Å². The van der Waals surface area contributed by atoms with Gasteiger partial charge in [0.05, 0.1) is 13.0 Å². The summed E-state index contributed by atoms with van der Waals surface area (Å²) in [7, 11) is 2.92. The molecule has 0 spiro atoms. The van der Waals surface area contributed by atoms with E-state index in [4.69, 9.17) is 9.47 Å². The summed E-state index contributed by atoms with van der Waals surface area (Å²) in [5.74, 6) is -0.931. The molecule has 2 aromatic rings. The van der Waals surface area contributed by atoms with Crippen LogP contribution in [0.4, 0.5) is 0 Å². The largest absolute Gasteiger partial charge is 0.469 e. The minimum Gasteiger partial charge on any atom is -0.469 e. The lowest BCUT2D eigenvalue weighted by Crippen LogP contribution is -2.45. The standard InChI is InChI=1S/C22H25NO4/c1-22(27-3,17-12-8-5-9-13-17)21(25)23-14-18(16-10-6-4-7-11-16)19(15-23)20(24)26-2/h4-13,18-19H,14-15H2,1-3H3/t18-,19+,22+/m0/s1. The first-order chi connectivity index (χ1) is 13.0. The number of hydrogen-bond donors (Lipinski definition) is 0. The minimum atomic E-state index is -1.10. The van der Waals surface area contributed by atoms with E-state index in [0.29, 0.717) is 13.1 Å². The molecule has 0 aromatic heterocycles. The van der Waals surface area contributed by atoms with Crippen LogP contribution in [0.25, 0.3) is 0 Å². The minimum absolute atomic E-state index is 0.0977. The molecular weight excluding hydrogens is 342 g/mol. The molecule has 0 saturated carbocycles. The van der Waals surface area contributed by atoms with Crippen molar-refractivity contribution < 1.29 is 19.1 Å². The van der Waals surface area contributed by atoms with E-state index in [1.807, 2.05) is 60.7 Å². The number of benzene rings is 2. The molecule has 1 saturated heterocycles. The summed E-state index contributed by atoms with van der Waals surface area (Å²) in [4.78, 5) is 27.5. The molecule has 5 heteroatoms. The summed E-state index contributed by atoms with van der Waals surface area (Å²) in [6.45, 7) is 2.54. The summed E-state index contributed by atoms with van der Waals surface area (Å²) in [5.41, 5.74) is 0.713. The topological polar surface area (TPSA) is 55.8 Å². The van der Waals surface area contributed by atoms with Gasteiger partial charge in [-0.3, -0.25) is 9.59 Å². The molecular formula is C22H25NO4. The average molecular weight is 367 g/mol. The first-order valence-corrected chi connectivity index (χ1v) is 9.04. The second-order valence-electron chi connectivity index (χ2n) is 6.96. The highest BCUT2D eigenvalue weighted by molar-refractivity contribution is 5.88. The van der Waals surface area contributed by atoms with Gasteiger partial charge in [0, 0.05) is 26.1 Å². The van der Waals surface area contributed by atoms with E-state index in [9.17, 15) is 9.59 Å². The Bertz CT molecular complexity index is 792. The van der Waals surface area contributed by atoms with E-state index >= 15 is 0 Å². The molecule has 2 aromatic carbocycles. The summed E-state index contributed by atoms with van der Waals surface area (Å²) >= 11 is 0. The molecule has 0 radical (unpaired) electrons. The van der Waals surface area contributed by atoms with Gasteiger partial charge in [-0.2, -0.15) is 0 Å². The molecule has 3 atom stereocenters. The second kappa shape index (κ2) is 7.92. The maximum absolute atomic E-state index is 13.4. The summed E-state index contributed by atoms with van der Waals surface area (Å²) in [6, 6.07) is 19.2. The first-order valence-electron chi connectivity index (χ1n) is 9.04. The van der Waals surface area contributed by atoms with Gasteiger partial charge in [0.15, 0.2) is 5.60 Å². The summed E-state index contributed by atoms with van der Waals surface area (Å²) in [6.07, 6.45) is 0. The highest BCUT2D eigenvalue weighted by atomic mass is 16.5. The summed E-state index contributed by atoms with van der Waals surface area (Å²) < 4.78 is 10.7. The SMILES string of the molecule is COC(=O)[C@@H]1CN(C(=O)[C@](C)(OC)c2ccccc2)C[C@H]1c1ccccc1. The quantitative estimate of drug-likeness (QED) is 0.763. The number of esters is 1. The number of rotatable bonds is 5. The van der Waals surface area contributed by atoms with Gasteiger partial charge in [-0.25, -0.2) is 0 Å². The van der Waals surface area contributed by atoms with Gasteiger partial charge in [0.2, 0.25) is 0 Å². The van der Waals surface area contributed by atoms with Crippen LogP contribution in [0.2, 0.25) is 0 Å². The van der Waals surface area contributed by atoms with E-state index in [1.165, 1.54) is 14.2 Å². The van der Waals surface area contributed by atoms with Crippen LogP contribution in [-0.4, -0.2) is 44.1 Å². The molecule has 27 heavy (non-hydrogen) atoms. The average Bonchev–Trinajstić information content (AvgIpc) is 3.18. The van der Waals surface area contributed by atoms with Crippen molar-refractivity contribution in [2.24, 2.45) is 5.92 Å². The number of likely N-dealkylation sites (tertiary alicyclic amines) is 1. The van der Waals surface area contributed by atoms with Crippen LogP contribution in [0, 0.1) is 5.92 Å². The number of carbonyl (C=O) groups is 2. The van der Waals surface area contributed by atoms with Crippen molar-refractivity contribution in [3.8, 4) is 0 Å². The van der Waals surface area contributed by atoms with Crippen molar-refractivity contribution in [3.63, 3.8) is 0 Å². The van der Waals surface area contributed by atoms with E-state index in [1.54, 1.807) is 11.8 Å². The van der Waals surface area contributed by atoms with E-state index < -0.39 is 11.5 Å². The normalized spacial score (nSPS) is 21.5. The number of amides is 1. The lowest BCUT2D eigenvalue weighted by atomic mass is 9.89. The molecule has 5 nitrogen and oxygen atoms in total. The number of methoxy groups -OCH3 is 2. The molecule has 1 heterocycles. The van der Waals surface area contributed by atoms with Crippen molar-refractivity contribution in [2.75, 3.05) is 27.3 Å². The molecule has 142 valence electrons. The number of hydrogen-bond acceptors (Lipinski definition) is 4. The molecule has 1 aliphatic heterocycles. The van der Waals surface area contributed by atoms with Gasteiger partial charge in [-0.15, -0.1) is 0 Å². The predicted octanol–water partition coefficient (Wildman–Crippen LogP) is 2.96. The Hall–Kier alpha value is -2.66. The van der Waals surface area contributed by atoms with Crippen molar-refractivity contribution in [1.29, 1.82) is 0 Å². The Balaban J connectivity index is 1.90. The molecule has 1 fully saturated rings. The Morgan fingerprint density at radius 3 is 2.11 bits per heavy atom. The van der Waals surface area contributed by atoms with Gasteiger partial charge in [-0.1, -0.05) is 60.7 Å². The number of carbonyl (C=O) groups excluding carboxylic acids is 2. The Labute approximate surface area is 159 Å². The molecule has 3 rings (SSSR count). The molecule has 1 amide bonds. The zero-order valence-corrected chi connectivity index (χ0v) is 15.9. The maximum Gasteiger partial charge on any atom is 0.311 e. The smallest absolute Gasteiger partial charge is 0.311 e. The van der Waals surface area contributed by atoms with Crippen LogP contribution in [0.1, 0.15) is 24.0 Å².